The van der Waals surface area contributed by atoms with Gasteiger partial charge in [-0.1, -0.05) is 19.1 Å². The summed E-state index contributed by atoms with van der Waals surface area (Å²) in [5.74, 6) is 0.281. The lowest BCUT2D eigenvalue weighted by Gasteiger charge is -2.40. The first-order valence-electron chi connectivity index (χ1n) is 5.69. The fourth-order valence-corrected chi connectivity index (χ4v) is 2.74. The van der Waals surface area contributed by atoms with E-state index >= 15 is 0 Å². The molecule has 0 bridgehead atoms. The van der Waals surface area contributed by atoms with E-state index in [9.17, 15) is 4.79 Å². The van der Waals surface area contributed by atoms with Gasteiger partial charge in [-0.25, -0.2) is 0 Å². The second-order valence-corrected chi connectivity index (χ2v) is 5.64. The Balaban J connectivity index is 2.17. The fourth-order valence-electron chi connectivity index (χ4n) is 2.08. The van der Waals surface area contributed by atoms with Crippen molar-refractivity contribution in [1.82, 2.24) is 0 Å². The largest absolute Gasteiger partial charge is 0.481 e. The van der Waals surface area contributed by atoms with Crippen LogP contribution in [0.4, 0.5) is 0 Å². The Morgan fingerprint density at radius 3 is 2.47 bits per heavy atom. The number of hydrogen-bond donors (Lipinski definition) is 1. The molecule has 0 aromatic heterocycles. The summed E-state index contributed by atoms with van der Waals surface area (Å²) in [6, 6.07) is 8.18. The van der Waals surface area contributed by atoms with Gasteiger partial charge in [0.2, 0.25) is 0 Å². The van der Waals surface area contributed by atoms with E-state index in [4.69, 9.17) is 9.84 Å². The highest BCUT2D eigenvalue weighted by Crippen LogP contribution is 2.36. The summed E-state index contributed by atoms with van der Waals surface area (Å²) in [5.41, 5.74) is 0.771. The molecule has 1 aliphatic heterocycles. The van der Waals surface area contributed by atoms with Crippen molar-refractivity contribution in [2.24, 2.45) is 0 Å². The summed E-state index contributed by atoms with van der Waals surface area (Å²) in [5, 5.41) is 8.95. The normalized spacial score (nSPS) is 17.5. The minimum absolute atomic E-state index is 0.146. The van der Waals surface area contributed by atoms with E-state index in [2.05, 4.69) is 19.1 Å². The molecule has 1 heterocycles. The van der Waals surface area contributed by atoms with E-state index < -0.39 is 5.97 Å². The van der Waals surface area contributed by atoms with Crippen molar-refractivity contribution in [3.63, 3.8) is 0 Å². The van der Waals surface area contributed by atoms with Crippen LogP contribution >= 0.6 is 11.8 Å². The molecule has 0 aliphatic carbocycles. The second kappa shape index (κ2) is 5.10. The summed E-state index contributed by atoms with van der Waals surface area (Å²) in [7, 11) is 0. The number of carboxylic acid groups (broad SMARTS) is 1. The van der Waals surface area contributed by atoms with Crippen LogP contribution in [0.2, 0.25) is 0 Å². The van der Waals surface area contributed by atoms with Crippen LogP contribution in [0.25, 0.3) is 0 Å². The molecule has 0 unspecified atom stereocenters. The lowest BCUT2D eigenvalue weighted by molar-refractivity contribution is -0.145. The van der Waals surface area contributed by atoms with Crippen molar-refractivity contribution in [2.75, 3.05) is 19.0 Å². The lowest BCUT2D eigenvalue weighted by Crippen LogP contribution is -2.48. The predicted octanol–water partition coefficient (Wildman–Crippen LogP) is 2.54. The van der Waals surface area contributed by atoms with Gasteiger partial charge in [-0.15, -0.1) is 11.8 Å². The SMILES string of the molecule is CCSc1ccc(C2(CC(=O)O)COC2)cc1. The molecule has 92 valence electrons. The average Bonchev–Trinajstić information content (AvgIpc) is 2.25. The van der Waals surface area contributed by atoms with E-state index in [1.165, 1.54) is 4.90 Å². The third-order valence-corrected chi connectivity index (χ3v) is 3.92. The average molecular weight is 252 g/mol. The Labute approximate surface area is 105 Å². The van der Waals surface area contributed by atoms with Gasteiger partial charge < -0.3 is 9.84 Å². The van der Waals surface area contributed by atoms with Crippen LogP contribution in [-0.2, 0) is 14.9 Å². The highest BCUT2D eigenvalue weighted by Gasteiger charge is 2.42. The Bertz CT molecular complexity index is 396. The Morgan fingerprint density at radius 1 is 1.41 bits per heavy atom. The zero-order valence-corrected chi connectivity index (χ0v) is 10.6. The molecule has 2 rings (SSSR count). The van der Waals surface area contributed by atoms with Crippen LogP contribution in [0, 0.1) is 0 Å². The van der Waals surface area contributed by atoms with Gasteiger partial charge in [0.05, 0.1) is 25.0 Å². The van der Waals surface area contributed by atoms with Crippen LogP contribution in [0.3, 0.4) is 0 Å². The molecule has 1 saturated heterocycles. The number of carbonyl (C=O) groups is 1. The van der Waals surface area contributed by atoms with Gasteiger partial charge in [0.15, 0.2) is 0 Å². The summed E-state index contributed by atoms with van der Waals surface area (Å²) < 4.78 is 5.20. The molecule has 0 radical (unpaired) electrons. The summed E-state index contributed by atoms with van der Waals surface area (Å²) in [6.07, 6.45) is 0.146. The first-order chi connectivity index (χ1) is 8.16. The van der Waals surface area contributed by atoms with Crippen molar-refractivity contribution < 1.29 is 14.6 Å². The van der Waals surface area contributed by atoms with Crippen LogP contribution in [0.5, 0.6) is 0 Å². The molecule has 0 amide bonds. The number of rotatable bonds is 5. The molecule has 1 aliphatic rings. The maximum absolute atomic E-state index is 10.9. The number of ether oxygens (including phenoxy) is 1. The van der Waals surface area contributed by atoms with E-state index in [0.717, 1.165) is 11.3 Å². The molecular weight excluding hydrogens is 236 g/mol. The predicted molar refractivity (Wildman–Crippen MR) is 67.6 cm³/mol. The third kappa shape index (κ3) is 2.64. The van der Waals surface area contributed by atoms with Gasteiger partial charge in [-0.2, -0.15) is 0 Å². The first-order valence-corrected chi connectivity index (χ1v) is 6.68. The van der Waals surface area contributed by atoms with Gasteiger partial charge in [0, 0.05) is 4.90 Å². The van der Waals surface area contributed by atoms with E-state index in [0.29, 0.717) is 13.2 Å². The minimum Gasteiger partial charge on any atom is -0.481 e. The minimum atomic E-state index is -0.764. The summed E-state index contributed by atoms with van der Waals surface area (Å²) in [6.45, 7) is 3.14. The van der Waals surface area contributed by atoms with Crippen molar-refractivity contribution in [3.8, 4) is 0 Å². The van der Waals surface area contributed by atoms with E-state index in [1.807, 2.05) is 12.1 Å². The molecule has 0 atom stereocenters. The maximum Gasteiger partial charge on any atom is 0.304 e. The maximum atomic E-state index is 10.9. The van der Waals surface area contributed by atoms with Crippen LogP contribution in [-0.4, -0.2) is 30.0 Å². The number of thioether (sulfide) groups is 1. The molecule has 1 aromatic rings. The van der Waals surface area contributed by atoms with E-state index in [1.54, 1.807) is 11.8 Å². The van der Waals surface area contributed by atoms with Gasteiger partial charge in [-0.3, -0.25) is 4.79 Å². The highest BCUT2D eigenvalue weighted by molar-refractivity contribution is 7.99. The third-order valence-electron chi connectivity index (χ3n) is 3.02. The monoisotopic (exact) mass is 252 g/mol. The zero-order chi connectivity index (χ0) is 12.3. The first kappa shape index (κ1) is 12.5. The van der Waals surface area contributed by atoms with Crippen molar-refractivity contribution >= 4 is 17.7 Å². The smallest absolute Gasteiger partial charge is 0.304 e. The Kier molecular flexibility index (Phi) is 3.74. The van der Waals surface area contributed by atoms with Crippen LogP contribution in [0.15, 0.2) is 29.2 Å². The molecule has 1 fully saturated rings. The van der Waals surface area contributed by atoms with E-state index in [-0.39, 0.29) is 11.8 Å². The van der Waals surface area contributed by atoms with Crippen molar-refractivity contribution in [1.29, 1.82) is 0 Å². The Hall–Kier alpha value is -1.00. The van der Waals surface area contributed by atoms with Crippen molar-refractivity contribution in [2.45, 2.75) is 23.7 Å². The zero-order valence-electron chi connectivity index (χ0n) is 9.81. The van der Waals surface area contributed by atoms with Gasteiger partial charge in [-0.05, 0) is 23.4 Å². The molecule has 3 nitrogen and oxygen atoms in total. The molecule has 4 heteroatoms. The molecule has 0 saturated carbocycles. The second-order valence-electron chi connectivity index (χ2n) is 4.30. The molecule has 1 aromatic carbocycles. The lowest BCUT2D eigenvalue weighted by atomic mass is 9.76. The number of aliphatic carboxylic acids is 1. The van der Waals surface area contributed by atoms with Crippen molar-refractivity contribution in [3.05, 3.63) is 29.8 Å². The van der Waals surface area contributed by atoms with Gasteiger partial charge in [0.25, 0.3) is 0 Å². The summed E-state index contributed by atoms with van der Waals surface area (Å²) >= 11 is 1.79. The summed E-state index contributed by atoms with van der Waals surface area (Å²) in [4.78, 5) is 12.1. The Morgan fingerprint density at radius 2 is 2.06 bits per heavy atom. The molecule has 1 N–H and O–H groups in total. The highest BCUT2D eigenvalue weighted by atomic mass is 32.2. The molecule has 17 heavy (non-hydrogen) atoms. The standard InChI is InChI=1S/C13H16O3S/c1-2-17-11-5-3-10(4-6-11)13(7-12(14)15)8-16-9-13/h3-6H,2,7-9H2,1H3,(H,14,15). The number of benzene rings is 1. The topological polar surface area (TPSA) is 46.5 Å². The number of hydrogen-bond acceptors (Lipinski definition) is 3. The van der Waals surface area contributed by atoms with Crippen LogP contribution in [0.1, 0.15) is 18.9 Å². The van der Waals surface area contributed by atoms with Crippen LogP contribution < -0.4 is 0 Å². The quantitative estimate of drug-likeness (QED) is 0.818. The van der Waals surface area contributed by atoms with Gasteiger partial charge in [0.1, 0.15) is 0 Å². The number of carboxylic acids is 1. The molecular formula is C13H16O3S. The fraction of sp³-hybridized carbons (Fsp3) is 0.462. The van der Waals surface area contributed by atoms with Gasteiger partial charge >= 0.3 is 5.97 Å². The molecule has 0 spiro atoms.